The first-order valence-electron chi connectivity index (χ1n) is 5.66. The summed E-state index contributed by atoms with van der Waals surface area (Å²) in [5.74, 6) is -5.26. The minimum Gasteiger partial charge on any atom is -0.480 e. The van der Waals surface area contributed by atoms with Crippen LogP contribution in [0.5, 0.6) is 0 Å². The van der Waals surface area contributed by atoms with E-state index in [0.29, 0.717) is 12.1 Å². The average molecular weight is 290 g/mol. The number of urea groups is 1. The Balaban J connectivity index is 2.90. The van der Waals surface area contributed by atoms with Gasteiger partial charge in [0.05, 0.1) is 5.69 Å². The number of hydrogen-bond donors (Lipinski definition) is 3. The molecule has 0 fully saturated rings. The van der Waals surface area contributed by atoms with Crippen molar-refractivity contribution in [1.29, 1.82) is 0 Å². The van der Waals surface area contributed by atoms with E-state index in [4.69, 9.17) is 5.11 Å². The van der Waals surface area contributed by atoms with E-state index in [2.05, 4.69) is 5.32 Å². The second-order valence-electron chi connectivity index (χ2n) is 4.32. The molecule has 1 rings (SSSR count). The van der Waals surface area contributed by atoms with Gasteiger partial charge in [-0.1, -0.05) is 6.92 Å². The molecule has 20 heavy (non-hydrogen) atoms. The number of anilines is 1. The number of rotatable bonds is 4. The Labute approximate surface area is 112 Å². The molecule has 8 heteroatoms. The molecule has 0 aliphatic rings. The van der Waals surface area contributed by atoms with Crippen molar-refractivity contribution in [2.24, 2.45) is 0 Å². The third kappa shape index (κ3) is 3.40. The SMILES string of the molecule is CCC(C)(NC(=O)Nc1cc(F)cc(F)c1F)C(=O)O. The van der Waals surface area contributed by atoms with E-state index in [0.717, 1.165) is 0 Å². The van der Waals surface area contributed by atoms with Crippen LogP contribution in [-0.4, -0.2) is 22.6 Å². The summed E-state index contributed by atoms with van der Waals surface area (Å²) in [6, 6.07) is -0.172. The van der Waals surface area contributed by atoms with Crippen LogP contribution >= 0.6 is 0 Å². The van der Waals surface area contributed by atoms with E-state index in [1.165, 1.54) is 13.8 Å². The molecule has 5 nitrogen and oxygen atoms in total. The molecule has 3 N–H and O–H groups in total. The van der Waals surface area contributed by atoms with Gasteiger partial charge in [-0.15, -0.1) is 0 Å². The lowest BCUT2D eigenvalue weighted by atomic mass is 10.00. The summed E-state index contributed by atoms with van der Waals surface area (Å²) in [5, 5.41) is 12.9. The Kier molecular flexibility index (Phi) is 4.59. The molecular weight excluding hydrogens is 277 g/mol. The van der Waals surface area contributed by atoms with Gasteiger partial charge in [0.25, 0.3) is 0 Å². The Morgan fingerprint density at radius 1 is 1.30 bits per heavy atom. The fraction of sp³-hybridized carbons (Fsp3) is 0.333. The minimum absolute atomic E-state index is 0.0652. The van der Waals surface area contributed by atoms with Gasteiger partial charge in [-0.05, 0) is 13.3 Å². The third-order valence-corrected chi connectivity index (χ3v) is 2.81. The van der Waals surface area contributed by atoms with Gasteiger partial charge in [0.1, 0.15) is 11.4 Å². The zero-order chi connectivity index (χ0) is 15.5. The first-order chi connectivity index (χ1) is 9.19. The van der Waals surface area contributed by atoms with Gasteiger partial charge >= 0.3 is 12.0 Å². The Morgan fingerprint density at radius 2 is 1.90 bits per heavy atom. The number of aliphatic carboxylic acids is 1. The van der Waals surface area contributed by atoms with Gasteiger partial charge in [0.2, 0.25) is 0 Å². The van der Waals surface area contributed by atoms with E-state index in [9.17, 15) is 22.8 Å². The molecule has 1 atom stereocenters. The lowest BCUT2D eigenvalue weighted by Crippen LogP contribution is -2.53. The molecule has 1 unspecified atom stereocenters. The van der Waals surface area contributed by atoms with Crippen LogP contribution in [0.15, 0.2) is 12.1 Å². The van der Waals surface area contributed by atoms with Crippen molar-refractivity contribution in [3.63, 3.8) is 0 Å². The molecule has 1 aromatic rings. The molecule has 2 amide bonds. The van der Waals surface area contributed by atoms with Crippen molar-refractivity contribution in [2.75, 3.05) is 5.32 Å². The monoisotopic (exact) mass is 290 g/mol. The fourth-order valence-corrected chi connectivity index (χ4v) is 1.34. The van der Waals surface area contributed by atoms with Crippen LogP contribution in [0.1, 0.15) is 20.3 Å². The van der Waals surface area contributed by atoms with Crippen LogP contribution in [0, 0.1) is 17.5 Å². The van der Waals surface area contributed by atoms with E-state index in [-0.39, 0.29) is 6.42 Å². The predicted octanol–water partition coefficient (Wildman–Crippen LogP) is 2.48. The molecule has 0 aliphatic heterocycles. The molecule has 1 aromatic carbocycles. The number of carboxylic acids is 1. The molecule has 0 aliphatic carbocycles. The lowest BCUT2D eigenvalue weighted by Gasteiger charge is -2.24. The summed E-state index contributed by atoms with van der Waals surface area (Å²) >= 11 is 0. The highest BCUT2D eigenvalue weighted by Crippen LogP contribution is 2.19. The third-order valence-electron chi connectivity index (χ3n) is 2.81. The maximum absolute atomic E-state index is 13.3. The fourth-order valence-electron chi connectivity index (χ4n) is 1.34. The van der Waals surface area contributed by atoms with Gasteiger partial charge in [0, 0.05) is 12.1 Å². The molecule has 0 saturated carbocycles. The van der Waals surface area contributed by atoms with E-state index >= 15 is 0 Å². The number of nitrogens with one attached hydrogen (secondary N) is 2. The predicted molar refractivity (Wildman–Crippen MR) is 64.8 cm³/mol. The summed E-state index contributed by atoms with van der Waals surface area (Å²) in [4.78, 5) is 22.5. The molecule has 0 saturated heterocycles. The highest BCUT2D eigenvalue weighted by Gasteiger charge is 2.33. The van der Waals surface area contributed by atoms with E-state index in [1.807, 2.05) is 5.32 Å². The summed E-state index contributed by atoms with van der Waals surface area (Å²) in [6.45, 7) is 2.77. The Hall–Kier alpha value is -2.25. The van der Waals surface area contributed by atoms with Crippen molar-refractivity contribution in [1.82, 2.24) is 5.32 Å². The van der Waals surface area contributed by atoms with E-state index in [1.54, 1.807) is 0 Å². The number of carbonyl (C=O) groups excluding carboxylic acids is 1. The zero-order valence-electron chi connectivity index (χ0n) is 10.8. The quantitative estimate of drug-likeness (QED) is 0.745. The largest absolute Gasteiger partial charge is 0.480 e. The number of carbonyl (C=O) groups is 2. The van der Waals surface area contributed by atoms with Crippen LogP contribution < -0.4 is 10.6 Å². The molecule has 0 aromatic heterocycles. The van der Waals surface area contributed by atoms with Crippen LogP contribution in [0.3, 0.4) is 0 Å². The Bertz CT molecular complexity index is 551. The maximum Gasteiger partial charge on any atom is 0.329 e. The average Bonchev–Trinajstić information content (AvgIpc) is 2.34. The van der Waals surface area contributed by atoms with Crippen molar-refractivity contribution in [3.05, 3.63) is 29.6 Å². The van der Waals surface area contributed by atoms with E-state index < -0.39 is 40.7 Å². The van der Waals surface area contributed by atoms with Crippen molar-refractivity contribution >= 4 is 17.7 Å². The number of amides is 2. The normalized spacial score (nSPS) is 13.4. The highest BCUT2D eigenvalue weighted by molar-refractivity contribution is 5.93. The van der Waals surface area contributed by atoms with Crippen LogP contribution in [0.4, 0.5) is 23.7 Å². The van der Waals surface area contributed by atoms with Crippen molar-refractivity contribution < 1.29 is 27.9 Å². The van der Waals surface area contributed by atoms with Crippen molar-refractivity contribution in [3.8, 4) is 0 Å². The standard InChI is InChI=1S/C12H13F3N2O3/c1-3-12(2,10(18)19)17-11(20)16-8-5-6(13)4-7(14)9(8)15/h4-5H,3H2,1-2H3,(H,18,19)(H2,16,17,20). The summed E-state index contributed by atoms with van der Waals surface area (Å²) in [7, 11) is 0. The minimum atomic E-state index is -1.58. The van der Waals surface area contributed by atoms with Gasteiger partial charge in [0.15, 0.2) is 11.6 Å². The highest BCUT2D eigenvalue weighted by atomic mass is 19.2. The van der Waals surface area contributed by atoms with Gasteiger partial charge in [-0.3, -0.25) is 0 Å². The topological polar surface area (TPSA) is 78.4 Å². The molecule has 0 spiro atoms. The molecular formula is C12H13F3N2O3. The molecule has 0 bridgehead atoms. The molecule has 110 valence electrons. The summed E-state index contributed by atoms with van der Waals surface area (Å²) < 4.78 is 39.2. The first-order valence-corrected chi connectivity index (χ1v) is 5.66. The van der Waals surface area contributed by atoms with Gasteiger partial charge in [-0.25, -0.2) is 22.8 Å². The summed E-state index contributed by atoms with van der Waals surface area (Å²) in [6.07, 6.45) is 0.0652. The first kappa shape index (κ1) is 15.8. The number of carboxylic acid groups (broad SMARTS) is 1. The summed E-state index contributed by atoms with van der Waals surface area (Å²) in [5.41, 5.74) is -2.30. The van der Waals surface area contributed by atoms with Gasteiger partial charge in [-0.2, -0.15) is 0 Å². The van der Waals surface area contributed by atoms with Crippen LogP contribution in [0.25, 0.3) is 0 Å². The number of hydrogen-bond acceptors (Lipinski definition) is 2. The second kappa shape index (κ2) is 5.81. The second-order valence-corrected chi connectivity index (χ2v) is 4.32. The molecule has 0 heterocycles. The maximum atomic E-state index is 13.3. The van der Waals surface area contributed by atoms with Crippen molar-refractivity contribution in [2.45, 2.75) is 25.8 Å². The smallest absolute Gasteiger partial charge is 0.329 e. The van der Waals surface area contributed by atoms with Crippen LogP contribution in [0.2, 0.25) is 0 Å². The lowest BCUT2D eigenvalue weighted by molar-refractivity contribution is -0.143. The Morgan fingerprint density at radius 3 is 2.40 bits per heavy atom. The number of halogens is 3. The molecule has 0 radical (unpaired) electrons. The van der Waals surface area contributed by atoms with Crippen LogP contribution in [-0.2, 0) is 4.79 Å². The number of benzene rings is 1. The van der Waals surface area contributed by atoms with Gasteiger partial charge < -0.3 is 15.7 Å². The zero-order valence-corrected chi connectivity index (χ0v) is 10.8.